The maximum atomic E-state index is 11.6. The second-order valence-corrected chi connectivity index (χ2v) is 4.75. The van der Waals surface area contributed by atoms with E-state index in [1.165, 1.54) is 6.42 Å². The quantitative estimate of drug-likeness (QED) is 0.583. The predicted molar refractivity (Wildman–Crippen MR) is 66.2 cm³/mol. The highest BCUT2D eigenvalue weighted by atomic mass is 16.4. The maximum absolute atomic E-state index is 11.6. The molecule has 4 N–H and O–H groups in total. The molecule has 6 heteroatoms. The number of aliphatic carboxylic acids is 1. The fraction of sp³-hybridized carbons (Fsp3) is 0.833. The lowest BCUT2D eigenvalue weighted by molar-refractivity contribution is -0.140. The van der Waals surface area contributed by atoms with Crippen molar-refractivity contribution in [1.82, 2.24) is 10.6 Å². The predicted octanol–water partition coefficient (Wildman–Crippen LogP) is 0.700. The molecule has 1 saturated carbocycles. The first-order valence-corrected chi connectivity index (χ1v) is 6.49. The Kier molecular flexibility index (Phi) is 5.91. The minimum Gasteiger partial charge on any atom is -0.480 e. The first kappa shape index (κ1) is 14.8. The van der Waals surface area contributed by atoms with Crippen LogP contribution in [0.2, 0.25) is 0 Å². The van der Waals surface area contributed by atoms with Crippen molar-refractivity contribution in [1.29, 1.82) is 0 Å². The Morgan fingerprint density at radius 1 is 1.33 bits per heavy atom. The zero-order chi connectivity index (χ0) is 13.5. The van der Waals surface area contributed by atoms with Gasteiger partial charge in [-0.05, 0) is 18.8 Å². The highest BCUT2D eigenvalue weighted by molar-refractivity contribution is 5.82. The molecule has 1 rings (SSSR count). The summed E-state index contributed by atoms with van der Waals surface area (Å²) in [6.07, 6.45) is 5.32. The van der Waals surface area contributed by atoms with Gasteiger partial charge in [-0.25, -0.2) is 9.59 Å². The van der Waals surface area contributed by atoms with E-state index in [2.05, 4.69) is 17.6 Å². The van der Waals surface area contributed by atoms with Gasteiger partial charge < -0.3 is 20.8 Å². The summed E-state index contributed by atoms with van der Waals surface area (Å²) in [6.45, 7) is 1.49. The monoisotopic (exact) mass is 258 g/mol. The van der Waals surface area contributed by atoms with Crippen molar-refractivity contribution in [2.45, 2.75) is 51.1 Å². The van der Waals surface area contributed by atoms with Gasteiger partial charge >= 0.3 is 12.0 Å². The summed E-state index contributed by atoms with van der Waals surface area (Å²) >= 11 is 0. The van der Waals surface area contributed by atoms with Gasteiger partial charge in [0, 0.05) is 6.04 Å². The number of rotatable bonds is 5. The third kappa shape index (κ3) is 4.18. The Morgan fingerprint density at radius 3 is 2.56 bits per heavy atom. The van der Waals surface area contributed by atoms with Gasteiger partial charge in [0.2, 0.25) is 0 Å². The average Bonchev–Trinajstić information content (AvgIpc) is 2.36. The molecule has 0 bridgehead atoms. The van der Waals surface area contributed by atoms with E-state index in [0.717, 1.165) is 25.7 Å². The van der Waals surface area contributed by atoms with Crippen LogP contribution in [0.4, 0.5) is 4.79 Å². The molecule has 3 unspecified atom stereocenters. The molecule has 104 valence electrons. The summed E-state index contributed by atoms with van der Waals surface area (Å²) in [6, 6.07) is -1.65. The van der Waals surface area contributed by atoms with Crippen LogP contribution in [0.3, 0.4) is 0 Å². The Bertz CT molecular complexity index is 296. The van der Waals surface area contributed by atoms with Crippen molar-refractivity contribution < 1.29 is 19.8 Å². The molecule has 0 aromatic heterocycles. The number of urea groups is 1. The molecule has 18 heavy (non-hydrogen) atoms. The molecule has 0 heterocycles. The van der Waals surface area contributed by atoms with E-state index in [1.54, 1.807) is 0 Å². The summed E-state index contributed by atoms with van der Waals surface area (Å²) in [5, 5.41) is 22.6. The zero-order valence-electron chi connectivity index (χ0n) is 10.7. The van der Waals surface area contributed by atoms with Gasteiger partial charge in [-0.1, -0.05) is 26.2 Å². The molecule has 0 aromatic carbocycles. The Morgan fingerprint density at radius 2 is 2.00 bits per heavy atom. The lowest BCUT2D eigenvalue weighted by Crippen LogP contribution is -2.52. The Hall–Kier alpha value is -1.30. The molecule has 0 spiro atoms. The number of hydrogen-bond donors (Lipinski definition) is 4. The summed E-state index contributed by atoms with van der Waals surface area (Å²) < 4.78 is 0. The van der Waals surface area contributed by atoms with Crippen molar-refractivity contribution in [2.24, 2.45) is 5.92 Å². The third-order valence-corrected chi connectivity index (χ3v) is 3.54. The third-order valence-electron chi connectivity index (χ3n) is 3.54. The van der Waals surface area contributed by atoms with Gasteiger partial charge in [0.15, 0.2) is 6.04 Å². The smallest absolute Gasteiger partial charge is 0.328 e. The van der Waals surface area contributed by atoms with Gasteiger partial charge in [0.25, 0.3) is 0 Å². The molecule has 2 amide bonds. The van der Waals surface area contributed by atoms with Gasteiger partial charge in [-0.15, -0.1) is 0 Å². The van der Waals surface area contributed by atoms with Crippen LogP contribution in [0, 0.1) is 5.92 Å². The van der Waals surface area contributed by atoms with Crippen molar-refractivity contribution in [3.8, 4) is 0 Å². The normalized spacial score (nSPS) is 25.2. The van der Waals surface area contributed by atoms with Crippen molar-refractivity contribution in [3.63, 3.8) is 0 Å². The summed E-state index contributed by atoms with van der Waals surface area (Å²) in [5.74, 6) is -0.773. The molecule has 0 aliphatic heterocycles. The van der Waals surface area contributed by atoms with E-state index >= 15 is 0 Å². The van der Waals surface area contributed by atoms with Crippen LogP contribution in [0.1, 0.15) is 39.0 Å². The van der Waals surface area contributed by atoms with Crippen LogP contribution in [-0.4, -0.2) is 40.9 Å². The average molecular weight is 258 g/mol. The molecule has 0 saturated heterocycles. The van der Waals surface area contributed by atoms with E-state index in [-0.39, 0.29) is 6.04 Å². The second kappa shape index (κ2) is 7.20. The molecule has 6 nitrogen and oxygen atoms in total. The topological polar surface area (TPSA) is 98.7 Å². The molecule has 3 atom stereocenters. The van der Waals surface area contributed by atoms with Crippen LogP contribution >= 0.6 is 0 Å². The minimum atomic E-state index is -1.24. The van der Waals surface area contributed by atoms with Crippen LogP contribution in [-0.2, 0) is 4.79 Å². The molecule has 1 aliphatic rings. The number of aliphatic hydroxyl groups is 1. The van der Waals surface area contributed by atoms with Crippen molar-refractivity contribution in [2.75, 3.05) is 6.61 Å². The van der Waals surface area contributed by atoms with Crippen LogP contribution < -0.4 is 10.6 Å². The van der Waals surface area contributed by atoms with Crippen molar-refractivity contribution >= 4 is 12.0 Å². The van der Waals surface area contributed by atoms with Crippen LogP contribution in [0.15, 0.2) is 0 Å². The minimum absolute atomic E-state index is 0.108. The number of carbonyl (C=O) groups is 2. The number of carbonyl (C=O) groups excluding carboxylic acids is 1. The molecular weight excluding hydrogens is 236 g/mol. The van der Waals surface area contributed by atoms with Gasteiger partial charge in [-0.3, -0.25) is 0 Å². The van der Waals surface area contributed by atoms with E-state index in [4.69, 9.17) is 10.2 Å². The number of nitrogens with one attached hydrogen (secondary N) is 2. The zero-order valence-corrected chi connectivity index (χ0v) is 10.7. The Labute approximate surface area is 107 Å². The number of carboxylic acids is 1. The largest absolute Gasteiger partial charge is 0.480 e. The van der Waals surface area contributed by atoms with Crippen LogP contribution in [0.5, 0.6) is 0 Å². The first-order valence-electron chi connectivity index (χ1n) is 6.49. The number of hydrogen-bond acceptors (Lipinski definition) is 3. The van der Waals surface area contributed by atoms with E-state index in [0.29, 0.717) is 5.92 Å². The van der Waals surface area contributed by atoms with E-state index in [9.17, 15) is 9.59 Å². The van der Waals surface area contributed by atoms with Gasteiger partial charge in [-0.2, -0.15) is 0 Å². The molecule has 0 aromatic rings. The molecule has 0 radical (unpaired) electrons. The summed E-state index contributed by atoms with van der Waals surface area (Å²) in [7, 11) is 0. The van der Waals surface area contributed by atoms with E-state index in [1.807, 2.05) is 0 Å². The number of aliphatic hydroxyl groups excluding tert-OH is 1. The molecule has 1 fully saturated rings. The van der Waals surface area contributed by atoms with Crippen molar-refractivity contribution in [3.05, 3.63) is 0 Å². The Balaban J connectivity index is 2.45. The standard InChI is InChI=1S/C12H22N2O4/c1-2-8-5-3-4-6-9(8)13-12(18)14-10(7-15)11(16)17/h8-10,15H,2-7H2,1H3,(H,16,17)(H2,13,14,18). The summed E-state index contributed by atoms with van der Waals surface area (Å²) in [4.78, 5) is 22.3. The fourth-order valence-electron chi connectivity index (χ4n) is 2.44. The number of carboxylic acid groups (broad SMARTS) is 1. The van der Waals surface area contributed by atoms with Crippen LogP contribution in [0.25, 0.3) is 0 Å². The highest BCUT2D eigenvalue weighted by Gasteiger charge is 2.26. The number of amides is 2. The van der Waals surface area contributed by atoms with Gasteiger partial charge in [0.05, 0.1) is 6.61 Å². The van der Waals surface area contributed by atoms with E-state index < -0.39 is 24.6 Å². The maximum Gasteiger partial charge on any atom is 0.328 e. The highest BCUT2D eigenvalue weighted by Crippen LogP contribution is 2.26. The lowest BCUT2D eigenvalue weighted by Gasteiger charge is -2.31. The molecular formula is C12H22N2O4. The first-order chi connectivity index (χ1) is 8.58. The summed E-state index contributed by atoms with van der Waals surface area (Å²) in [5.41, 5.74) is 0. The van der Waals surface area contributed by atoms with Gasteiger partial charge in [0.1, 0.15) is 0 Å². The SMILES string of the molecule is CCC1CCCCC1NC(=O)NC(CO)C(=O)O. The lowest BCUT2D eigenvalue weighted by atomic mass is 9.83. The fourth-order valence-corrected chi connectivity index (χ4v) is 2.44. The second-order valence-electron chi connectivity index (χ2n) is 4.75. The molecule has 1 aliphatic carbocycles.